The van der Waals surface area contributed by atoms with Crippen LogP contribution >= 0.6 is 31.9 Å². The van der Waals surface area contributed by atoms with Gasteiger partial charge in [-0.3, -0.25) is 0 Å². The fourth-order valence-corrected chi connectivity index (χ4v) is 8.88. The van der Waals surface area contributed by atoms with Crippen LogP contribution in [0.3, 0.4) is 0 Å². The van der Waals surface area contributed by atoms with E-state index in [1.165, 1.54) is 38.9 Å². The normalized spacial score (nSPS) is 22.9. The Hall–Kier alpha value is -3.02. The maximum atomic E-state index is 12.2. The average Bonchev–Trinajstić information content (AvgIpc) is 3.33. The molecular weight excluding hydrogens is 672 g/mol. The lowest BCUT2D eigenvalue weighted by molar-refractivity contribution is -0.144. The van der Waals surface area contributed by atoms with E-state index in [0.29, 0.717) is 0 Å². The Bertz CT molecular complexity index is 2100. The van der Waals surface area contributed by atoms with Gasteiger partial charge in [-0.1, -0.05) is 96.0 Å². The van der Waals surface area contributed by atoms with Gasteiger partial charge in [0.1, 0.15) is 11.2 Å². The van der Waals surface area contributed by atoms with Crippen molar-refractivity contribution in [1.82, 2.24) is 0 Å². The van der Waals surface area contributed by atoms with E-state index < -0.39 is 11.2 Å². The maximum absolute atomic E-state index is 12.2. The molecule has 3 aliphatic rings. The Kier molecular flexibility index (Phi) is 5.71. The van der Waals surface area contributed by atoms with Crippen molar-refractivity contribution in [2.45, 2.75) is 63.6 Å². The zero-order chi connectivity index (χ0) is 31.1. The van der Waals surface area contributed by atoms with Crippen LogP contribution in [0, 0.1) is 0 Å². The summed E-state index contributed by atoms with van der Waals surface area (Å²) in [5.74, 6) is 0. The highest BCUT2D eigenvalue weighted by Crippen LogP contribution is 2.58. The molecule has 0 saturated heterocycles. The third kappa shape index (κ3) is 3.54. The molecular formula is C40H34Br2O2. The number of rotatable bonds is 1. The van der Waals surface area contributed by atoms with E-state index in [1.54, 1.807) is 13.8 Å². The molecule has 5 aromatic carbocycles. The van der Waals surface area contributed by atoms with E-state index in [0.717, 1.165) is 47.9 Å². The quantitative estimate of drug-likeness (QED) is 0.182. The summed E-state index contributed by atoms with van der Waals surface area (Å²) in [6.07, 6.45) is 0. The van der Waals surface area contributed by atoms with E-state index >= 15 is 0 Å². The van der Waals surface area contributed by atoms with Crippen molar-refractivity contribution in [2.75, 3.05) is 0 Å². The Morgan fingerprint density at radius 2 is 0.705 bits per heavy atom. The van der Waals surface area contributed by atoms with Crippen molar-refractivity contribution in [3.8, 4) is 44.5 Å². The predicted octanol–water partition coefficient (Wildman–Crippen LogP) is 10.6. The summed E-state index contributed by atoms with van der Waals surface area (Å²) >= 11 is 7.33. The monoisotopic (exact) mass is 704 g/mol. The fourth-order valence-electron chi connectivity index (χ4n) is 8.15. The zero-order valence-electron chi connectivity index (χ0n) is 25.7. The maximum Gasteiger partial charge on any atom is 0.120 e. The fraction of sp³-hybridized carbons (Fsp3) is 0.250. The molecule has 0 heterocycles. The van der Waals surface area contributed by atoms with Gasteiger partial charge in [-0.2, -0.15) is 0 Å². The van der Waals surface area contributed by atoms with Crippen molar-refractivity contribution in [3.63, 3.8) is 0 Å². The molecule has 5 aromatic rings. The Balaban J connectivity index is 1.30. The second kappa shape index (κ2) is 8.82. The molecule has 0 fully saturated rings. The minimum atomic E-state index is -1.51. The molecule has 0 bridgehead atoms. The number of halogens is 2. The highest BCUT2D eigenvalue weighted by Gasteiger charge is 2.51. The standard InChI is InChI=1S/C40H34Br2O2/c1-37(2)31-15-21(7-11-25(31)26-13-9-23(41)17-32(26)37)22-8-12-28-30-19-34-29(27-14-10-24(42)18-33(27)38(34,3)4)20-36(30)40(6,44)39(5,43)35(28)16-22/h7-20,43-44H,1-6H3. The van der Waals surface area contributed by atoms with Gasteiger partial charge in [-0.25, -0.2) is 0 Å². The summed E-state index contributed by atoms with van der Waals surface area (Å²) in [4.78, 5) is 0. The predicted molar refractivity (Wildman–Crippen MR) is 187 cm³/mol. The molecule has 44 heavy (non-hydrogen) atoms. The molecule has 2 nitrogen and oxygen atoms in total. The minimum absolute atomic E-state index is 0.132. The van der Waals surface area contributed by atoms with Crippen LogP contribution in [0.15, 0.2) is 93.9 Å². The number of aliphatic hydroxyl groups is 2. The van der Waals surface area contributed by atoms with Crippen molar-refractivity contribution < 1.29 is 10.2 Å². The van der Waals surface area contributed by atoms with Gasteiger partial charge in [-0.05, 0) is 140 Å². The average molecular weight is 707 g/mol. The van der Waals surface area contributed by atoms with Crippen LogP contribution in [-0.2, 0) is 22.0 Å². The second-order valence-corrected chi connectivity index (χ2v) is 16.1. The van der Waals surface area contributed by atoms with Crippen LogP contribution in [0.5, 0.6) is 0 Å². The van der Waals surface area contributed by atoms with Crippen LogP contribution in [0.2, 0.25) is 0 Å². The summed E-state index contributed by atoms with van der Waals surface area (Å²) < 4.78 is 2.15. The molecule has 0 radical (unpaired) electrons. The Morgan fingerprint density at radius 3 is 1.23 bits per heavy atom. The van der Waals surface area contributed by atoms with Gasteiger partial charge in [0.25, 0.3) is 0 Å². The van der Waals surface area contributed by atoms with Gasteiger partial charge in [0, 0.05) is 19.8 Å². The highest BCUT2D eigenvalue weighted by atomic mass is 79.9. The molecule has 0 aliphatic heterocycles. The van der Waals surface area contributed by atoms with Gasteiger partial charge in [0.05, 0.1) is 0 Å². The van der Waals surface area contributed by atoms with Gasteiger partial charge < -0.3 is 10.2 Å². The third-order valence-electron chi connectivity index (χ3n) is 11.1. The molecule has 0 spiro atoms. The first-order chi connectivity index (χ1) is 20.6. The van der Waals surface area contributed by atoms with Crippen LogP contribution in [0.1, 0.15) is 74.9 Å². The van der Waals surface area contributed by atoms with Crippen molar-refractivity contribution in [1.29, 1.82) is 0 Å². The van der Waals surface area contributed by atoms with Gasteiger partial charge in [-0.15, -0.1) is 0 Å². The van der Waals surface area contributed by atoms with E-state index in [9.17, 15) is 10.2 Å². The first-order valence-corrected chi connectivity index (χ1v) is 16.8. The lowest BCUT2D eigenvalue weighted by atomic mass is 9.65. The molecule has 0 aromatic heterocycles. The van der Waals surface area contributed by atoms with E-state index in [-0.39, 0.29) is 10.8 Å². The summed E-state index contributed by atoms with van der Waals surface area (Å²) in [5, 5.41) is 24.3. The molecule has 2 N–H and O–H groups in total. The highest BCUT2D eigenvalue weighted by molar-refractivity contribution is 9.10. The third-order valence-corrected chi connectivity index (χ3v) is 12.0. The minimum Gasteiger partial charge on any atom is -0.382 e. The van der Waals surface area contributed by atoms with Gasteiger partial charge in [0.2, 0.25) is 0 Å². The van der Waals surface area contributed by atoms with E-state index in [2.05, 4.69) is 144 Å². The SMILES string of the molecule is CC1(C)c2cc(Br)ccc2-c2ccc(-c3ccc4c(c3)C(C)(O)C(C)(O)c3cc5c(cc3-4)C(C)(C)c3cc(Br)ccc3-5)cc21. The molecule has 2 unspecified atom stereocenters. The Morgan fingerprint density at radius 1 is 0.386 bits per heavy atom. The summed E-state index contributed by atoms with van der Waals surface area (Å²) in [5.41, 5.74) is 12.2. The number of benzene rings is 5. The van der Waals surface area contributed by atoms with Crippen LogP contribution in [-0.4, -0.2) is 10.2 Å². The van der Waals surface area contributed by atoms with Crippen LogP contribution in [0.25, 0.3) is 44.5 Å². The molecule has 0 saturated carbocycles. The molecule has 8 rings (SSSR count). The van der Waals surface area contributed by atoms with E-state index in [1.807, 2.05) is 0 Å². The molecule has 3 aliphatic carbocycles. The van der Waals surface area contributed by atoms with Crippen LogP contribution < -0.4 is 0 Å². The summed E-state index contributed by atoms with van der Waals surface area (Å²) in [6.45, 7) is 12.6. The van der Waals surface area contributed by atoms with E-state index in [4.69, 9.17) is 0 Å². The summed E-state index contributed by atoms with van der Waals surface area (Å²) in [7, 11) is 0. The smallest absolute Gasteiger partial charge is 0.120 e. The number of hydrogen-bond acceptors (Lipinski definition) is 2. The molecule has 0 amide bonds. The van der Waals surface area contributed by atoms with Crippen molar-refractivity contribution in [2.24, 2.45) is 0 Å². The largest absolute Gasteiger partial charge is 0.382 e. The Labute approximate surface area is 276 Å². The first kappa shape index (κ1) is 28.5. The first-order valence-electron chi connectivity index (χ1n) is 15.2. The molecule has 220 valence electrons. The molecule has 4 heteroatoms. The van der Waals surface area contributed by atoms with Crippen molar-refractivity contribution >= 4 is 31.9 Å². The number of fused-ring (bicyclic) bond motifs is 9. The number of hydrogen-bond donors (Lipinski definition) is 2. The summed E-state index contributed by atoms with van der Waals surface area (Å²) in [6, 6.07) is 30.5. The van der Waals surface area contributed by atoms with Crippen molar-refractivity contribution in [3.05, 3.63) is 127 Å². The van der Waals surface area contributed by atoms with Gasteiger partial charge >= 0.3 is 0 Å². The zero-order valence-corrected chi connectivity index (χ0v) is 28.9. The molecule has 2 atom stereocenters. The second-order valence-electron chi connectivity index (χ2n) is 14.2. The van der Waals surface area contributed by atoms with Gasteiger partial charge in [0.15, 0.2) is 0 Å². The lowest BCUT2D eigenvalue weighted by Gasteiger charge is -2.45. The topological polar surface area (TPSA) is 40.5 Å². The van der Waals surface area contributed by atoms with Crippen LogP contribution in [0.4, 0.5) is 0 Å². The lowest BCUT2D eigenvalue weighted by Crippen LogP contribution is -2.48.